The Bertz CT molecular complexity index is 1570. The molecule has 0 fully saturated rings. The van der Waals surface area contributed by atoms with Gasteiger partial charge in [0.05, 0.1) is 5.22 Å². The normalized spacial score (nSPS) is 11.6. The van der Waals surface area contributed by atoms with Crippen molar-refractivity contribution in [3.05, 3.63) is 87.5 Å². The maximum absolute atomic E-state index is 13.0. The van der Waals surface area contributed by atoms with Gasteiger partial charge in [-0.15, -0.1) is 6.26 Å². The standard InChI is InChI=1S/C28H26N4O4.K/c1-4-28(2,3)19-10-12-20(13-11-19)36-17-24(34)30-25-23(16-33)27(35)32-15-22(18-8-6-5-7-9-18)21(14-29)26(32)31-25;/h5-13,15-16,33H,4,17H2,1-3H3,(H,30,31,34);/q;+1/p-1/b23-16-;. The zero-order chi connectivity index (χ0) is 25.9. The fourth-order valence-corrected chi connectivity index (χ4v) is 3.83. The molecular weight excluding hydrogens is 495 g/mol. The van der Waals surface area contributed by atoms with Crippen LogP contribution in [0.1, 0.15) is 38.3 Å². The predicted molar refractivity (Wildman–Crippen MR) is 135 cm³/mol. The number of rotatable bonds is 7. The molecule has 4 aromatic rings. The summed E-state index contributed by atoms with van der Waals surface area (Å²) in [6.07, 6.45) is 2.80. The molecule has 1 N–H and O–H groups in total. The second-order valence-electron chi connectivity index (χ2n) is 8.98. The largest absolute Gasteiger partial charge is 1.00 e. The monoisotopic (exact) mass is 520 g/mol. The Kier molecular flexibility index (Phi) is 9.29. The Morgan fingerprint density at radius 3 is 2.46 bits per heavy atom. The molecule has 9 heteroatoms. The van der Waals surface area contributed by atoms with Crippen LogP contribution < -0.4 is 77.3 Å². The molecule has 2 aromatic carbocycles. The van der Waals surface area contributed by atoms with Gasteiger partial charge >= 0.3 is 51.4 Å². The Balaban J connectivity index is 0.00000380. The van der Waals surface area contributed by atoms with E-state index in [4.69, 9.17) is 4.74 Å². The van der Waals surface area contributed by atoms with E-state index in [1.54, 1.807) is 24.3 Å². The Morgan fingerprint density at radius 2 is 1.86 bits per heavy atom. The van der Waals surface area contributed by atoms with Gasteiger partial charge in [0.1, 0.15) is 23.2 Å². The molecular formula is C28H25KN4O4. The van der Waals surface area contributed by atoms with E-state index in [-0.39, 0.29) is 85.7 Å². The summed E-state index contributed by atoms with van der Waals surface area (Å²) in [5.74, 6) is -0.304. The molecule has 182 valence electrons. The predicted octanol–water partition coefficient (Wildman–Crippen LogP) is -0.241. The van der Waals surface area contributed by atoms with Gasteiger partial charge in [-0.1, -0.05) is 63.2 Å². The van der Waals surface area contributed by atoms with Crippen molar-refractivity contribution < 1.29 is 66.0 Å². The van der Waals surface area contributed by atoms with Gasteiger partial charge in [-0.05, 0) is 35.1 Å². The van der Waals surface area contributed by atoms with Crippen LogP contribution >= 0.6 is 0 Å². The van der Waals surface area contributed by atoms with Gasteiger partial charge in [-0.25, -0.2) is 4.98 Å². The Labute approximate surface area is 257 Å². The van der Waals surface area contributed by atoms with Gasteiger partial charge in [-0.2, -0.15) is 5.26 Å². The molecule has 8 nitrogen and oxygen atoms in total. The quantitative estimate of drug-likeness (QED) is 0.336. The van der Waals surface area contributed by atoms with Crippen LogP contribution in [-0.4, -0.2) is 21.9 Å². The molecule has 0 spiro atoms. The molecule has 2 aromatic heterocycles. The summed E-state index contributed by atoms with van der Waals surface area (Å²) in [5.41, 5.74) is 1.95. The van der Waals surface area contributed by atoms with Crippen LogP contribution in [-0.2, 0) is 10.2 Å². The number of ether oxygens (including phenoxy) is 1. The molecule has 0 radical (unpaired) electrons. The van der Waals surface area contributed by atoms with Crippen molar-refractivity contribution in [2.45, 2.75) is 32.6 Å². The van der Waals surface area contributed by atoms with E-state index in [1.807, 2.05) is 30.3 Å². The summed E-state index contributed by atoms with van der Waals surface area (Å²) in [6.45, 7) is 6.08. The molecule has 0 aliphatic rings. The van der Waals surface area contributed by atoms with Crippen LogP contribution in [0.25, 0.3) is 23.0 Å². The summed E-state index contributed by atoms with van der Waals surface area (Å²) in [7, 11) is 0. The summed E-state index contributed by atoms with van der Waals surface area (Å²) < 4.78 is 6.72. The summed E-state index contributed by atoms with van der Waals surface area (Å²) in [5, 5.41) is 23.7. The first-order valence-electron chi connectivity index (χ1n) is 11.5. The average molecular weight is 521 g/mol. The third kappa shape index (κ3) is 5.95. The number of aromatic nitrogens is 2. The average Bonchev–Trinajstić information content (AvgIpc) is 3.27. The SMILES string of the molecule is CCC(C)(C)c1ccc(OCC(=O)Nc2nc3c(C#N)c(-c4ccccc4)cn3c(=O)/c2=C\[O-])cc1.[K+]. The summed E-state index contributed by atoms with van der Waals surface area (Å²) >= 11 is 0. The van der Waals surface area contributed by atoms with Crippen LogP contribution in [0.2, 0.25) is 0 Å². The molecule has 0 saturated carbocycles. The fourth-order valence-electron chi connectivity index (χ4n) is 3.83. The van der Waals surface area contributed by atoms with Crippen molar-refractivity contribution in [1.82, 2.24) is 9.38 Å². The maximum Gasteiger partial charge on any atom is 1.00 e. The van der Waals surface area contributed by atoms with Gasteiger partial charge in [0.25, 0.3) is 11.5 Å². The zero-order valence-corrected chi connectivity index (χ0v) is 24.4. The number of hydrogen-bond donors (Lipinski definition) is 1. The number of carbonyl (C=O) groups excluding carboxylic acids is 1. The minimum absolute atomic E-state index is 0. The molecule has 0 atom stereocenters. The van der Waals surface area contributed by atoms with Crippen molar-refractivity contribution in [2.24, 2.45) is 0 Å². The van der Waals surface area contributed by atoms with Gasteiger partial charge in [0.15, 0.2) is 12.3 Å². The van der Waals surface area contributed by atoms with E-state index in [0.29, 0.717) is 17.6 Å². The van der Waals surface area contributed by atoms with Crippen molar-refractivity contribution >= 4 is 23.6 Å². The summed E-state index contributed by atoms with van der Waals surface area (Å²) in [6, 6.07) is 18.6. The molecule has 0 bridgehead atoms. The number of nitriles is 1. The van der Waals surface area contributed by atoms with E-state index < -0.39 is 11.5 Å². The van der Waals surface area contributed by atoms with E-state index in [0.717, 1.165) is 21.9 Å². The molecule has 4 rings (SSSR count). The van der Waals surface area contributed by atoms with Gasteiger partial charge in [0, 0.05) is 11.8 Å². The zero-order valence-electron chi connectivity index (χ0n) is 21.2. The molecule has 37 heavy (non-hydrogen) atoms. The van der Waals surface area contributed by atoms with E-state index in [9.17, 15) is 20.0 Å². The minimum Gasteiger partial charge on any atom is -0.877 e. The van der Waals surface area contributed by atoms with Crippen LogP contribution in [0.15, 0.2) is 65.6 Å². The third-order valence-electron chi connectivity index (χ3n) is 6.36. The van der Waals surface area contributed by atoms with Crippen LogP contribution in [0.3, 0.4) is 0 Å². The molecule has 0 aliphatic heterocycles. The first-order valence-corrected chi connectivity index (χ1v) is 11.5. The third-order valence-corrected chi connectivity index (χ3v) is 6.36. The number of anilines is 1. The molecule has 0 aliphatic carbocycles. The maximum atomic E-state index is 13.0. The molecule has 1 amide bonds. The van der Waals surface area contributed by atoms with E-state index in [2.05, 4.69) is 37.1 Å². The topological polar surface area (TPSA) is 120 Å². The van der Waals surface area contributed by atoms with Crippen molar-refractivity contribution in [3.63, 3.8) is 0 Å². The number of amides is 1. The van der Waals surface area contributed by atoms with E-state index in [1.165, 1.54) is 6.20 Å². The fraction of sp³-hybridized carbons (Fsp3) is 0.214. The first kappa shape index (κ1) is 28.6. The van der Waals surface area contributed by atoms with Crippen molar-refractivity contribution in [2.75, 3.05) is 11.9 Å². The van der Waals surface area contributed by atoms with Crippen molar-refractivity contribution in [3.8, 4) is 22.9 Å². The number of nitrogens with one attached hydrogen (secondary N) is 1. The number of carbonyl (C=O) groups is 1. The second kappa shape index (κ2) is 12.0. The van der Waals surface area contributed by atoms with Gasteiger partial charge < -0.3 is 15.2 Å². The van der Waals surface area contributed by atoms with Gasteiger partial charge in [0.2, 0.25) is 0 Å². The molecule has 0 saturated heterocycles. The first-order chi connectivity index (χ1) is 17.3. The number of benzene rings is 2. The smallest absolute Gasteiger partial charge is 0.877 e. The van der Waals surface area contributed by atoms with Crippen molar-refractivity contribution in [1.29, 1.82) is 5.26 Å². The van der Waals surface area contributed by atoms with Crippen LogP contribution in [0.5, 0.6) is 5.75 Å². The van der Waals surface area contributed by atoms with E-state index >= 15 is 0 Å². The summed E-state index contributed by atoms with van der Waals surface area (Å²) in [4.78, 5) is 29.9. The van der Waals surface area contributed by atoms with Crippen LogP contribution in [0.4, 0.5) is 5.82 Å². The Hall–Kier alpha value is -3.00. The molecule has 0 unspecified atom stereocenters. The van der Waals surface area contributed by atoms with Gasteiger partial charge in [-0.3, -0.25) is 14.0 Å². The minimum atomic E-state index is -0.681. The number of fused-ring (bicyclic) bond motifs is 1. The molecule has 2 heterocycles. The Morgan fingerprint density at radius 1 is 1.19 bits per heavy atom. The second-order valence-corrected chi connectivity index (χ2v) is 8.98. The van der Waals surface area contributed by atoms with Crippen LogP contribution in [0, 0.1) is 11.3 Å². The number of hydrogen-bond acceptors (Lipinski definition) is 6. The number of nitrogens with zero attached hydrogens (tertiary/aromatic N) is 3.